The van der Waals surface area contributed by atoms with Gasteiger partial charge < -0.3 is 9.53 Å². The van der Waals surface area contributed by atoms with E-state index in [1.54, 1.807) is 0 Å². The highest BCUT2D eigenvalue weighted by atomic mass is 28.4. The summed E-state index contributed by atoms with van der Waals surface area (Å²) in [5.41, 5.74) is 1.70. The summed E-state index contributed by atoms with van der Waals surface area (Å²) in [5, 5.41) is 10.2. The summed E-state index contributed by atoms with van der Waals surface area (Å²) in [6, 6.07) is 0. The molecule has 0 aromatic rings. The van der Waals surface area contributed by atoms with E-state index in [1.807, 2.05) is 26.0 Å². The van der Waals surface area contributed by atoms with Crippen molar-refractivity contribution in [2.75, 3.05) is 6.61 Å². The van der Waals surface area contributed by atoms with Crippen molar-refractivity contribution in [2.45, 2.75) is 78.1 Å². The molecule has 0 aliphatic heterocycles. The van der Waals surface area contributed by atoms with Gasteiger partial charge in [0.25, 0.3) is 0 Å². The normalized spacial score (nSPS) is 16.8. The minimum atomic E-state index is -1.84. The van der Waals surface area contributed by atoms with Gasteiger partial charge in [-0.2, -0.15) is 0 Å². The van der Waals surface area contributed by atoms with Gasteiger partial charge in [-0.25, -0.2) is 0 Å². The van der Waals surface area contributed by atoms with E-state index in [0.717, 1.165) is 0 Å². The zero-order valence-electron chi connectivity index (χ0n) is 14.1. The molecule has 0 spiro atoms. The van der Waals surface area contributed by atoms with Gasteiger partial charge in [-0.1, -0.05) is 60.6 Å². The lowest BCUT2D eigenvalue weighted by molar-refractivity contribution is 0.0710. The van der Waals surface area contributed by atoms with Crippen LogP contribution in [0.2, 0.25) is 16.6 Å². The van der Waals surface area contributed by atoms with Crippen LogP contribution in [-0.4, -0.2) is 26.1 Å². The third-order valence-corrected chi connectivity index (χ3v) is 10.4. The zero-order chi connectivity index (χ0) is 15.2. The van der Waals surface area contributed by atoms with Crippen LogP contribution in [0.3, 0.4) is 0 Å². The van der Waals surface area contributed by atoms with Crippen molar-refractivity contribution < 1.29 is 9.53 Å². The molecule has 0 fully saturated rings. The van der Waals surface area contributed by atoms with Crippen LogP contribution in [-0.2, 0) is 4.43 Å². The van der Waals surface area contributed by atoms with Crippen molar-refractivity contribution in [1.29, 1.82) is 0 Å². The summed E-state index contributed by atoms with van der Waals surface area (Å²) < 4.78 is 6.40. The minimum Gasteiger partial charge on any atom is -0.413 e. The standard InChI is InChI=1S/C16H34O2Si/c1-9-10-15(8)16(17)11-18-19(12(2)3,13(4)5)14(6)7/h9-10,12-17H,11H2,1-8H3/b10-9+/t15-,16+/m1/s1. The van der Waals surface area contributed by atoms with Gasteiger partial charge in [-0.05, 0) is 23.5 Å². The lowest BCUT2D eigenvalue weighted by Crippen LogP contribution is -2.49. The number of hydrogen-bond donors (Lipinski definition) is 1. The number of aliphatic hydroxyl groups excluding tert-OH is 1. The Balaban J connectivity index is 4.86. The van der Waals surface area contributed by atoms with Crippen molar-refractivity contribution in [1.82, 2.24) is 0 Å². The second-order valence-electron chi connectivity index (χ2n) is 6.58. The van der Waals surface area contributed by atoms with Gasteiger partial charge in [0, 0.05) is 5.92 Å². The summed E-state index contributed by atoms with van der Waals surface area (Å²) in [6.45, 7) is 18.1. The predicted molar refractivity (Wildman–Crippen MR) is 87.0 cm³/mol. The Morgan fingerprint density at radius 3 is 1.68 bits per heavy atom. The number of allylic oxidation sites excluding steroid dienone is 1. The largest absolute Gasteiger partial charge is 0.413 e. The molecule has 0 heterocycles. The van der Waals surface area contributed by atoms with E-state index in [9.17, 15) is 5.11 Å². The second-order valence-corrected chi connectivity index (χ2v) is 12.0. The highest BCUT2D eigenvalue weighted by Crippen LogP contribution is 2.42. The molecule has 114 valence electrons. The smallest absolute Gasteiger partial charge is 0.200 e. The molecule has 3 heteroatoms. The maximum atomic E-state index is 10.2. The maximum Gasteiger partial charge on any atom is 0.200 e. The molecule has 0 aliphatic rings. The molecule has 0 unspecified atom stereocenters. The van der Waals surface area contributed by atoms with Crippen LogP contribution in [0, 0.1) is 5.92 Å². The fourth-order valence-corrected chi connectivity index (χ4v) is 8.77. The quantitative estimate of drug-likeness (QED) is 0.515. The first kappa shape index (κ1) is 18.9. The SMILES string of the molecule is C/C=C/[C@@H](C)[C@@H](O)CO[Si](C(C)C)(C(C)C)C(C)C. The van der Waals surface area contributed by atoms with Crippen molar-refractivity contribution in [3.8, 4) is 0 Å². The molecule has 2 nitrogen and oxygen atoms in total. The monoisotopic (exact) mass is 286 g/mol. The summed E-state index contributed by atoms with van der Waals surface area (Å²) >= 11 is 0. The molecular weight excluding hydrogens is 252 g/mol. The third kappa shape index (κ3) is 4.73. The Bertz CT molecular complexity index is 250. The molecule has 0 aromatic carbocycles. The van der Waals surface area contributed by atoms with Crippen molar-refractivity contribution >= 4 is 8.32 Å². The Morgan fingerprint density at radius 2 is 1.37 bits per heavy atom. The van der Waals surface area contributed by atoms with Gasteiger partial charge in [0.15, 0.2) is 8.32 Å². The molecule has 0 aromatic heterocycles. The van der Waals surface area contributed by atoms with Crippen LogP contribution >= 0.6 is 0 Å². The van der Waals surface area contributed by atoms with Crippen molar-refractivity contribution in [3.05, 3.63) is 12.2 Å². The van der Waals surface area contributed by atoms with Gasteiger partial charge in [0.1, 0.15) is 0 Å². The van der Waals surface area contributed by atoms with E-state index in [-0.39, 0.29) is 5.92 Å². The fourth-order valence-electron chi connectivity index (χ4n) is 3.31. The van der Waals surface area contributed by atoms with E-state index in [0.29, 0.717) is 23.2 Å². The predicted octanol–water partition coefficient (Wildman–Crippen LogP) is 4.75. The molecule has 0 saturated carbocycles. The minimum absolute atomic E-state index is 0.156. The topological polar surface area (TPSA) is 29.5 Å². The first-order chi connectivity index (χ1) is 8.70. The van der Waals surface area contributed by atoms with E-state index in [2.05, 4.69) is 41.5 Å². The summed E-state index contributed by atoms with van der Waals surface area (Å²) in [6.07, 6.45) is 3.63. The van der Waals surface area contributed by atoms with E-state index >= 15 is 0 Å². The molecule has 0 saturated heterocycles. The van der Waals surface area contributed by atoms with Crippen LogP contribution in [0.1, 0.15) is 55.4 Å². The molecular formula is C16H34O2Si. The lowest BCUT2D eigenvalue weighted by Gasteiger charge is -2.42. The summed E-state index contributed by atoms with van der Waals surface area (Å²) in [4.78, 5) is 0. The molecule has 19 heavy (non-hydrogen) atoms. The average Bonchev–Trinajstić information content (AvgIpc) is 2.28. The molecule has 0 aliphatic carbocycles. The molecule has 0 radical (unpaired) electrons. The highest BCUT2D eigenvalue weighted by molar-refractivity contribution is 6.77. The van der Waals surface area contributed by atoms with Gasteiger partial charge in [0.2, 0.25) is 0 Å². The van der Waals surface area contributed by atoms with E-state index in [1.165, 1.54) is 0 Å². The number of hydrogen-bond acceptors (Lipinski definition) is 2. The van der Waals surface area contributed by atoms with Gasteiger partial charge in [-0.15, -0.1) is 0 Å². The Kier molecular flexibility index (Phi) is 8.17. The highest BCUT2D eigenvalue weighted by Gasteiger charge is 2.45. The van der Waals surface area contributed by atoms with Gasteiger partial charge in [-0.3, -0.25) is 0 Å². The summed E-state index contributed by atoms with van der Waals surface area (Å²) in [5.74, 6) is 0.156. The molecule has 2 atom stereocenters. The molecule has 0 amide bonds. The van der Waals surface area contributed by atoms with E-state index < -0.39 is 14.4 Å². The van der Waals surface area contributed by atoms with Crippen LogP contribution in [0.5, 0.6) is 0 Å². The fraction of sp³-hybridized carbons (Fsp3) is 0.875. The Hall–Kier alpha value is -0.123. The van der Waals surface area contributed by atoms with Crippen LogP contribution < -0.4 is 0 Å². The first-order valence-electron chi connectivity index (χ1n) is 7.64. The average molecular weight is 287 g/mol. The molecule has 0 rings (SSSR count). The number of rotatable bonds is 8. The van der Waals surface area contributed by atoms with Gasteiger partial charge >= 0.3 is 0 Å². The third-order valence-electron chi connectivity index (χ3n) is 4.31. The molecule has 0 bridgehead atoms. The van der Waals surface area contributed by atoms with Crippen LogP contribution in [0.15, 0.2) is 12.2 Å². The molecule has 1 N–H and O–H groups in total. The first-order valence-corrected chi connectivity index (χ1v) is 9.78. The Morgan fingerprint density at radius 1 is 0.947 bits per heavy atom. The van der Waals surface area contributed by atoms with E-state index in [4.69, 9.17) is 4.43 Å². The lowest BCUT2D eigenvalue weighted by atomic mass is 10.1. The van der Waals surface area contributed by atoms with Crippen LogP contribution in [0.4, 0.5) is 0 Å². The van der Waals surface area contributed by atoms with Gasteiger partial charge in [0.05, 0.1) is 12.7 Å². The Labute approximate surface area is 121 Å². The summed E-state index contributed by atoms with van der Waals surface area (Å²) in [7, 11) is -1.84. The second kappa shape index (κ2) is 8.23. The number of aliphatic hydroxyl groups is 1. The van der Waals surface area contributed by atoms with Crippen LogP contribution in [0.25, 0.3) is 0 Å². The maximum absolute atomic E-state index is 10.2. The van der Waals surface area contributed by atoms with Crippen molar-refractivity contribution in [3.63, 3.8) is 0 Å². The van der Waals surface area contributed by atoms with Crippen molar-refractivity contribution in [2.24, 2.45) is 5.92 Å². The zero-order valence-corrected chi connectivity index (χ0v) is 15.1.